The molecule has 24 heteroatoms. The van der Waals surface area contributed by atoms with Gasteiger partial charge >= 0.3 is 48.7 Å². The SMILES string of the molecule is CCC(C)(C)C(=O)OC(C)C(F)(F)C(O)C(F)(F)F.CCC(C)(C)C(=O)OC1CC(C(O)(C(F)(F)F)C(F)(F)F)CC(C(O)(C(F)(F)F)C(F)(F)F)C1. The van der Waals surface area contributed by atoms with Crippen molar-refractivity contribution < 1.29 is 109 Å². The van der Waals surface area contributed by atoms with Crippen molar-refractivity contribution in [3.63, 3.8) is 0 Å². The number of esters is 2. The van der Waals surface area contributed by atoms with Crippen molar-refractivity contribution in [1.29, 1.82) is 0 Å². The zero-order valence-corrected chi connectivity index (χ0v) is 28.8. The summed E-state index contributed by atoms with van der Waals surface area (Å²) in [4.78, 5) is 23.7. The smallest absolute Gasteiger partial charge is 0.426 e. The number of rotatable bonds is 10. The molecule has 0 aromatic carbocycles. The average Bonchev–Trinajstić information content (AvgIpc) is 2.96. The first-order valence-corrected chi connectivity index (χ1v) is 15.3. The van der Waals surface area contributed by atoms with Gasteiger partial charge in [0.05, 0.1) is 10.8 Å². The van der Waals surface area contributed by atoms with Crippen LogP contribution in [0, 0.1) is 22.7 Å². The van der Waals surface area contributed by atoms with Crippen molar-refractivity contribution in [1.82, 2.24) is 0 Å². The molecular weight excluding hydrogens is 783 g/mol. The lowest BCUT2D eigenvalue weighted by molar-refractivity contribution is -0.405. The van der Waals surface area contributed by atoms with Crippen molar-refractivity contribution >= 4 is 11.9 Å². The molecule has 1 saturated carbocycles. The lowest BCUT2D eigenvalue weighted by Gasteiger charge is -2.48. The van der Waals surface area contributed by atoms with Gasteiger partial charge in [-0.05, 0) is 66.7 Å². The van der Waals surface area contributed by atoms with E-state index in [1.54, 1.807) is 6.92 Å². The highest BCUT2D eigenvalue weighted by molar-refractivity contribution is 5.76. The first-order chi connectivity index (χ1) is 23.0. The summed E-state index contributed by atoms with van der Waals surface area (Å²) in [6, 6.07) is 0. The Morgan fingerprint density at radius 1 is 0.604 bits per heavy atom. The van der Waals surface area contributed by atoms with Gasteiger partial charge in [0.25, 0.3) is 11.2 Å². The van der Waals surface area contributed by atoms with Gasteiger partial charge in [0.15, 0.2) is 6.10 Å². The number of hydrogen-bond acceptors (Lipinski definition) is 7. The summed E-state index contributed by atoms with van der Waals surface area (Å²) in [5, 5.41) is 27.8. The van der Waals surface area contributed by atoms with Crippen LogP contribution in [0.25, 0.3) is 0 Å². The molecule has 3 N–H and O–H groups in total. The van der Waals surface area contributed by atoms with E-state index >= 15 is 0 Å². The van der Waals surface area contributed by atoms with E-state index in [2.05, 4.69) is 4.74 Å². The molecule has 1 rings (SSSR count). The predicted octanol–water partition coefficient (Wildman–Crippen LogP) is 8.37. The Labute approximate surface area is 291 Å². The van der Waals surface area contributed by atoms with Crippen LogP contribution in [0.2, 0.25) is 0 Å². The molecule has 0 amide bonds. The van der Waals surface area contributed by atoms with Gasteiger partial charge in [-0.3, -0.25) is 9.59 Å². The van der Waals surface area contributed by atoms with Crippen LogP contribution in [0.5, 0.6) is 0 Å². The molecule has 0 saturated heterocycles. The molecule has 0 radical (unpaired) electrons. The third-order valence-electron chi connectivity index (χ3n) is 9.22. The quantitative estimate of drug-likeness (QED) is 0.150. The minimum absolute atomic E-state index is 0.0184. The second-order valence-electron chi connectivity index (χ2n) is 13.8. The first-order valence-electron chi connectivity index (χ1n) is 15.3. The fourth-order valence-electron chi connectivity index (χ4n) is 4.73. The summed E-state index contributed by atoms with van der Waals surface area (Å²) in [6.07, 6.45) is -45.5. The summed E-state index contributed by atoms with van der Waals surface area (Å²) in [7, 11) is 0. The largest absolute Gasteiger partial charge is 0.462 e. The number of alkyl halides is 17. The van der Waals surface area contributed by atoms with Crippen molar-refractivity contribution in [2.45, 2.75) is 147 Å². The van der Waals surface area contributed by atoms with Crippen LogP contribution in [-0.4, -0.2) is 93.6 Å². The van der Waals surface area contributed by atoms with Crippen LogP contribution in [0.15, 0.2) is 0 Å². The summed E-state index contributed by atoms with van der Waals surface area (Å²) in [5.74, 6) is -13.7. The maximum atomic E-state index is 13.3. The minimum atomic E-state index is -6.58. The summed E-state index contributed by atoms with van der Waals surface area (Å²) in [5.41, 5.74) is -14.0. The van der Waals surface area contributed by atoms with Crippen LogP contribution >= 0.6 is 0 Å². The van der Waals surface area contributed by atoms with Gasteiger partial charge in [-0.15, -0.1) is 0 Å². The zero-order valence-electron chi connectivity index (χ0n) is 28.8. The molecule has 4 atom stereocenters. The Morgan fingerprint density at radius 3 is 1.17 bits per heavy atom. The first kappa shape index (κ1) is 50.6. The van der Waals surface area contributed by atoms with Gasteiger partial charge in [0, 0.05) is 11.8 Å². The van der Waals surface area contributed by atoms with Crippen LogP contribution in [0.4, 0.5) is 74.6 Å². The van der Waals surface area contributed by atoms with Crippen molar-refractivity contribution in [2.75, 3.05) is 0 Å². The molecule has 7 nitrogen and oxygen atoms in total. The third-order valence-corrected chi connectivity index (χ3v) is 9.22. The number of carbonyl (C=O) groups is 2. The molecular formula is C29H39F17O7. The van der Waals surface area contributed by atoms with Crippen LogP contribution in [-0.2, 0) is 19.1 Å². The van der Waals surface area contributed by atoms with Crippen LogP contribution in [0.1, 0.15) is 80.6 Å². The van der Waals surface area contributed by atoms with E-state index in [1.807, 2.05) is 0 Å². The highest BCUT2D eigenvalue weighted by Gasteiger charge is 2.78. The second-order valence-corrected chi connectivity index (χ2v) is 13.8. The summed E-state index contributed by atoms with van der Waals surface area (Å²) in [6.45, 7) is 8.87. The normalized spacial score (nSPS) is 21.6. The minimum Gasteiger partial charge on any atom is -0.462 e. The lowest BCUT2D eigenvalue weighted by Crippen LogP contribution is -2.67. The van der Waals surface area contributed by atoms with Crippen molar-refractivity contribution in [3.05, 3.63) is 0 Å². The van der Waals surface area contributed by atoms with E-state index in [0.29, 0.717) is 6.92 Å². The van der Waals surface area contributed by atoms with Crippen molar-refractivity contribution in [3.8, 4) is 0 Å². The molecule has 1 aliphatic carbocycles. The Morgan fingerprint density at radius 2 is 0.906 bits per heavy atom. The summed E-state index contributed by atoms with van der Waals surface area (Å²) < 4.78 is 232. The monoisotopic (exact) mass is 822 g/mol. The summed E-state index contributed by atoms with van der Waals surface area (Å²) >= 11 is 0. The molecule has 0 aliphatic heterocycles. The van der Waals surface area contributed by atoms with Gasteiger partial charge < -0.3 is 24.8 Å². The maximum absolute atomic E-state index is 13.3. The number of ether oxygens (including phenoxy) is 2. The highest BCUT2D eigenvalue weighted by atomic mass is 19.4. The molecule has 0 aromatic rings. The number of hydrogen-bond donors (Lipinski definition) is 3. The van der Waals surface area contributed by atoms with Gasteiger partial charge in [0.2, 0.25) is 6.10 Å². The molecule has 0 aromatic heterocycles. The number of halogens is 17. The van der Waals surface area contributed by atoms with E-state index in [4.69, 9.17) is 9.84 Å². The van der Waals surface area contributed by atoms with E-state index in [0.717, 1.165) is 0 Å². The van der Waals surface area contributed by atoms with E-state index in [1.165, 1.54) is 34.6 Å². The topological polar surface area (TPSA) is 113 Å². The van der Waals surface area contributed by atoms with Gasteiger partial charge in [-0.2, -0.15) is 74.6 Å². The van der Waals surface area contributed by atoms with Crippen LogP contribution < -0.4 is 0 Å². The molecule has 4 unspecified atom stereocenters. The number of aliphatic hydroxyl groups excluding tert-OH is 1. The van der Waals surface area contributed by atoms with Crippen molar-refractivity contribution in [2.24, 2.45) is 22.7 Å². The average molecular weight is 823 g/mol. The Hall–Kier alpha value is -2.37. The predicted molar refractivity (Wildman–Crippen MR) is 146 cm³/mol. The molecule has 1 aliphatic rings. The Bertz CT molecular complexity index is 1160. The molecule has 1 fully saturated rings. The third kappa shape index (κ3) is 10.9. The van der Waals surface area contributed by atoms with Gasteiger partial charge in [-0.25, -0.2) is 0 Å². The molecule has 0 bridgehead atoms. The molecule has 53 heavy (non-hydrogen) atoms. The van der Waals surface area contributed by atoms with Gasteiger partial charge in [-0.1, -0.05) is 13.8 Å². The van der Waals surface area contributed by atoms with E-state index in [9.17, 15) is 94.4 Å². The maximum Gasteiger partial charge on any atom is 0.426 e. The Kier molecular flexibility index (Phi) is 15.3. The highest BCUT2D eigenvalue weighted by Crippen LogP contribution is 2.58. The molecule has 0 heterocycles. The fourth-order valence-corrected chi connectivity index (χ4v) is 4.73. The standard InChI is InChI=1S/C18H22F12O4.C11H17F5O3/c1-4-12(2,3)11(31)34-10-6-8(13(32,15(19,20)21)16(22,23)24)5-9(7-10)14(33,17(25,26)27)18(28,29)30;1-5-9(3,4)8(18)19-6(2)10(12,13)7(17)11(14,15)16/h8-10,32-33H,4-7H2,1-3H3;6-7,17H,5H2,1-4H3. The fraction of sp³-hybridized carbons (Fsp3) is 0.931. The van der Waals surface area contributed by atoms with Gasteiger partial charge in [0.1, 0.15) is 6.10 Å². The lowest BCUT2D eigenvalue weighted by atomic mass is 9.65. The molecule has 0 spiro atoms. The second kappa shape index (κ2) is 16.0. The van der Waals surface area contributed by atoms with E-state index in [-0.39, 0.29) is 12.8 Å². The number of aliphatic hydroxyl groups is 3. The number of carbonyl (C=O) groups excluding carboxylic acids is 2. The van der Waals surface area contributed by atoms with Crippen LogP contribution in [0.3, 0.4) is 0 Å². The zero-order chi connectivity index (χ0) is 43.0. The molecule has 316 valence electrons. The van der Waals surface area contributed by atoms with E-state index < -0.39 is 120 Å². The Balaban J connectivity index is 0.00000121.